The maximum absolute atomic E-state index is 5.54. The van der Waals surface area contributed by atoms with Gasteiger partial charge in [0.2, 0.25) is 5.88 Å². The van der Waals surface area contributed by atoms with Crippen LogP contribution in [0.3, 0.4) is 0 Å². The standard InChI is InChI=1S/C11H20N4O2/c1-8(16-2)4-5-9(15-12)10-11(17-3)14-7-6-13-10/h6-9,15H,4-5,12H2,1-3H3. The van der Waals surface area contributed by atoms with Crippen LogP contribution in [0.2, 0.25) is 0 Å². The molecule has 2 unspecified atom stereocenters. The highest BCUT2D eigenvalue weighted by molar-refractivity contribution is 5.20. The monoisotopic (exact) mass is 240 g/mol. The number of nitrogens with zero attached hydrogens (tertiary/aromatic N) is 2. The molecule has 17 heavy (non-hydrogen) atoms. The summed E-state index contributed by atoms with van der Waals surface area (Å²) in [5.41, 5.74) is 3.46. The highest BCUT2D eigenvalue weighted by Crippen LogP contribution is 2.23. The summed E-state index contributed by atoms with van der Waals surface area (Å²) in [5, 5.41) is 0. The van der Waals surface area contributed by atoms with Crippen LogP contribution in [-0.4, -0.2) is 30.3 Å². The first-order valence-electron chi connectivity index (χ1n) is 5.56. The lowest BCUT2D eigenvalue weighted by Gasteiger charge is -2.18. The number of nitrogens with one attached hydrogen (secondary N) is 1. The molecular weight excluding hydrogens is 220 g/mol. The molecule has 0 aromatic carbocycles. The molecule has 0 fully saturated rings. The van der Waals surface area contributed by atoms with Gasteiger partial charge in [0, 0.05) is 19.5 Å². The number of methoxy groups -OCH3 is 2. The normalized spacial score (nSPS) is 14.4. The van der Waals surface area contributed by atoms with E-state index in [1.807, 2.05) is 6.92 Å². The fourth-order valence-electron chi connectivity index (χ4n) is 1.55. The Labute approximate surface area is 102 Å². The Balaban J connectivity index is 2.72. The van der Waals surface area contributed by atoms with E-state index >= 15 is 0 Å². The number of hydrogen-bond donors (Lipinski definition) is 2. The van der Waals surface area contributed by atoms with E-state index in [4.69, 9.17) is 15.3 Å². The van der Waals surface area contributed by atoms with Gasteiger partial charge in [0.15, 0.2) is 0 Å². The van der Waals surface area contributed by atoms with Gasteiger partial charge in [-0.25, -0.2) is 4.98 Å². The van der Waals surface area contributed by atoms with Crippen LogP contribution in [0.5, 0.6) is 5.88 Å². The molecule has 0 aliphatic heterocycles. The minimum Gasteiger partial charge on any atom is -0.480 e. The van der Waals surface area contributed by atoms with Gasteiger partial charge in [-0.05, 0) is 19.8 Å². The first-order chi connectivity index (χ1) is 8.22. The number of hydrazine groups is 1. The summed E-state index contributed by atoms with van der Waals surface area (Å²) >= 11 is 0. The first-order valence-corrected chi connectivity index (χ1v) is 5.56. The predicted octanol–water partition coefficient (Wildman–Crippen LogP) is 0.805. The molecular formula is C11H20N4O2. The quantitative estimate of drug-likeness (QED) is 0.542. The van der Waals surface area contributed by atoms with Crippen molar-refractivity contribution in [2.24, 2.45) is 5.84 Å². The molecule has 0 aliphatic rings. The van der Waals surface area contributed by atoms with Crippen LogP contribution in [0.1, 0.15) is 31.5 Å². The number of ether oxygens (including phenoxy) is 2. The largest absolute Gasteiger partial charge is 0.480 e. The van der Waals surface area contributed by atoms with E-state index in [1.54, 1.807) is 26.6 Å². The van der Waals surface area contributed by atoms with Crippen LogP contribution in [0.4, 0.5) is 0 Å². The Hall–Kier alpha value is -1.24. The molecule has 1 rings (SSSR count). The second kappa shape index (κ2) is 7.16. The molecule has 6 nitrogen and oxygen atoms in total. The van der Waals surface area contributed by atoms with Crippen LogP contribution < -0.4 is 16.0 Å². The van der Waals surface area contributed by atoms with E-state index in [0.717, 1.165) is 18.5 Å². The summed E-state index contributed by atoms with van der Waals surface area (Å²) in [4.78, 5) is 8.36. The summed E-state index contributed by atoms with van der Waals surface area (Å²) in [6.45, 7) is 2.02. The van der Waals surface area contributed by atoms with Crippen molar-refractivity contribution in [2.75, 3.05) is 14.2 Å². The average Bonchev–Trinajstić information content (AvgIpc) is 2.39. The SMILES string of the molecule is COc1nccnc1C(CCC(C)OC)NN. The lowest BCUT2D eigenvalue weighted by molar-refractivity contribution is 0.106. The van der Waals surface area contributed by atoms with Gasteiger partial charge >= 0.3 is 0 Å². The van der Waals surface area contributed by atoms with Crippen molar-refractivity contribution >= 4 is 0 Å². The lowest BCUT2D eigenvalue weighted by atomic mass is 10.1. The van der Waals surface area contributed by atoms with Gasteiger partial charge in [0.05, 0.1) is 19.3 Å². The zero-order valence-electron chi connectivity index (χ0n) is 10.5. The van der Waals surface area contributed by atoms with Crippen LogP contribution in [-0.2, 0) is 4.74 Å². The maximum atomic E-state index is 5.54. The van der Waals surface area contributed by atoms with Gasteiger partial charge in [-0.1, -0.05) is 0 Å². The van der Waals surface area contributed by atoms with Gasteiger partial charge in [0.25, 0.3) is 0 Å². The Morgan fingerprint density at radius 2 is 2.00 bits per heavy atom. The zero-order chi connectivity index (χ0) is 12.7. The Kier molecular flexibility index (Phi) is 5.82. The second-order valence-electron chi connectivity index (χ2n) is 3.79. The third-order valence-electron chi connectivity index (χ3n) is 2.68. The highest BCUT2D eigenvalue weighted by Gasteiger charge is 2.18. The molecule has 0 saturated carbocycles. The average molecular weight is 240 g/mol. The smallest absolute Gasteiger partial charge is 0.237 e. The molecule has 96 valence electrons. The van der Waals surface area contributed by atoms with Gasteiger partial charge < -0.3 is 9.47 Å². The van der Waals surface area contributed by atoms with Crippen molar-refractivity contribution in [3.63, 3.8) is 0 Å². The molecule has 0 radical (unpaired) electrons. The van der Waals surface area contributed by atoms with Crippen molar-refractivity contribution in [2.45, 2.75) is 31.9 Å². The van der Waals surface area contributed by atoms with Crippen LogP contribution in [0, 0.1) is 0 Å². The van der Waals surface area contributed by atoms with E-state index in [9.17, 15) is 0 Å². The summed E-state index contributed by atoms with van der Waals surface area (Å²) < 4.78 is 10.4. The Morgan fingerprint density at radius 3 is 2.59 bits per heavy atom. The molecule has 1 heterocycles. The number of rotatable bonds is 7. The fraction of sp³-hybridized carbons (Fsp3) is 0.636. The fourth-order valence-corrected chi connectivity index (χ4v) is 1.55. The molecule has 0 aliphatic carbocycles. The van der Waals surface area contributed by atoms with Crippen LogP contribution in [0.15, 0.2) is 12.4 Å². The second-order valence-corrected chi connectivity index (χ2v) is 3.79. The number of hydrogen-bond acceptors (Lipinski definition) is 6. The van der Waals surface area contributed by atoms with E-state index in [2.05, 4.69) is 15.4 Å². The zero-order valence-corrected chi connectivity index (χ0v) is 10.5. The van der Waals surface area contributed by atoms with E-state index in [0.29, 0.717) is 5.88 Å². The molecule has 0 saturated heterocycles. The van der Waals surface area contributed by atoms with Gasteiger partial charge in [-0.15, -0.1) is 0 Å². The van der Waals surface area contributed by atoms with E-state index in [1.165, 1.54) is 0 Å². The number of aromatic nitrogens is 2. The molecule has 0 amide bonds. The molecule has 2 atom stereocenters. The van der Waals surface area contributed by atoms with Gasteiger partial charge in [-0.3, -0.25) is 16.3 Å². The van der Waals surface area contributed by atoms with Crippen molar-refractivity contribution in [3.05, 3.63) is 18.1 Å². The van der Waals surface area contributed by atoms with Crippen molar-refractivity contribution < 1.29 is 9.47 Å². The van der Waals surface area contributed by atoms with E-state index in [-0.39, 0.29) is 12.1 Å². The Morgan fingerprint density at radius 1 is 1.29 bits per heavy atom. The summed E-state index contributed by atoms with van der Waals surface area (Å²) in [6.07, 6.45) is 5.09. The van der Waals surface area contributed by atoms with Gasteiger partial charge in [-0.2, -0.15) is 0 Å². The highest BCUT2D eigenvalue weighted by atomic mass is 16.5. The van der Waals surface area contributed by atoms with Crippen LogP contribution >= 0.6 is 0 Å². The lowest BCUT2D eigenvalue weighted by Crippen LogP contribution is -2.30. The summed E-state index contributed by atoms with van der Waals surface area (Å²) in [5.74, 6) is 6.04. The van der Waals surface area contributed by atoms with Gasteiger partial charge in [0.1, 0.15) is 5.69 Å². The van der Waals surface area contributed by atoms with Crippen molar-refractivity contribution in [1.82, 2.24) is 15.4 Å². The molecule has 0 bridgehead atoms. The number of nitrogens with two attached hydrogens (primary N) is 1. The predicted molar refractivity (Wildman–Crippen MR) is 64.4 cm³/mol. The maximum Gasteiger partial charge on any atom is 0.237 e. The first kappa shape index (κ1) is 13.8. The Bertz CT molecular complexity index is 335. The molecule has 6 heteroatoms. The topological polar surface area (TPSA) is 82.3 Å². The van der Waals surface area contributed by atoms with E-state index < -0.39 is 0 Å². The third-order valence-corrected chi connectivity index (χ3v) is 2.68. The molecule has 0 spiro atoms. The van der Waals surface area contributed by atoms with Crippen molar-refractivity contribution in [3.8, 4) is 5.88 Å². The molecule has 3 N–H and O–H groups in total. The molecule has 1 aromatic rings. The van der Waals surface area contributed by atoms with Crippen LogP contribution in [0.25, 0.3) is 0 Å². The third kappa shape index (κ3) is 3.92. The molecule has 1 aromatic heterocycles. The van der Waals surface area contributed by atoms with Crippen molar-refractivity contribution in [1.29, 1.82) is 0 Å². The minimum absolute atomic E-state index is 0.0868. The summed E-state index contributed by atoms with van der Waals surface area (Å²) in [7, 11) is 3.26. The summed E-state index contributed by atoms with van der Waals surface area (Å²) in [6, 6.07) is -0.0868. The minimum atomic E-state index is -0.0868.